The van der Waals surface area contributed by atoms with Crippen LogP contribution in [0, 0.1) is 5.92 Å². The first-order valence-electron chi connectivity index (χ1n) is 7.09. The van der Waals surface area contributed by atoms with Crippen LogP contribution in [-0.4, -0.2) is 29.6 Å². The Morgan fingerprint density at radius 3 is 2.83 bits per heavy atom. The topological polar surface area (TPSA) is 55.0 Å². The van der Waals surface area contributed by atoms with Crippen LogP contribution in [0.4, 0.5) is 5.95 Å². The number of nitrogens with two attached hydrogens (primary N) is 1. The highest BCUT2D eigenvalue weighted by molar-refractivity contribution is 5.30. The minimum absolute atomic E-state index is 0.711. The van der Waals surface area contributed by atoms with Crippen molar-refractivity contribution in [1.82, 2.24) is 9.97 Å². The average molecular weight is 248 g/mol. The summed E-state index contributed by atoms with van der Waals surface area (Å²) in [5, 5.41) is 0. The molecule has 0 aliphatic carbocycles. The predicted molar refractivity (Wildman–Crippen MR) is 74.6 cm³/mol. The van der Waals surface area contributed by atoms with Crippen molar-refractivity contribution in [2.45, 2.75) is 39.0 Å². The van der Waals surface area contributed by atoms with Crippen LogP contribution in [0.25, 0.3) is 0 Å². The zero-order valence-electron chi connectivity index (χ0n) is 11.3. The SMILES string of the molecule is CCCc1cnc(N2CCCC(CCN)C2)nc1. The molecule has 2 N–H and O–H groups in total. The Morgan fingerprint density at radius 1 is 1.39 bits per heavy atom. The molecule has 1 aliphatic heterocycles. The van der Waals surface area contributed by atoms with Crippen LogP contribution in [0.1, 0.15) is 38.2 Å². The zero-order chi connectivity index (χ0) is 12.8. The third-order valence-corrected chi connectivity index (χ3v) is 3.61. The summed E-state index contributed by atoms with van der Waals surface area (Å²) in [5.41, 5.74) is 6.88. The van der Waals surface area contributed by atoms with E-state index in [0.29, 0.717) is 5.92 Å². The maximum absolute atomic E-state index is 5.65. The lowest BCUT2D eigenvalue weighted by molar-refractivity contribution is 0.392. The molecule has 1 atom stereocenters. The summed E-state index contributed by atoms with van der Waals surface area (Å²) in [6.07, 6.45) is 9.79. The van der Waals surface area contributed by atoms with E-state index in [1.165, 1.54) is 18.4 Å². The third-order valence-electron chi connectivity index (χ3n) is 3.61. The highest BCUT2D eigenvalue weighted by Gasteiger charge is 2.20. The molecule has 1 fully saturated rings. The van der Waals surface area contributed by atoms with Gasteiger partial charge >= 0.3 is 0 Å². The van der Waals surface area contributed by atoms with Gasteiger partial charge in [-0.3, -0.25) is 0 Å². The molecule has 1 unspecified atom stereocenters. The molecule has 0 aromatic carbocycles. The van der Waals surface area contributed by atoms with Gasteiger partial charge in [-0.25, -0.2) is 9.97 Å². The van der Waals surface area contributed by atoms with Crippen LogP contribution in [-0.2, 0) is 6.42 Å². The maximum Gasteiger partial charge on any atom is 0.225 e. The first kappa shape index (κ1) is 13.3. The smallest absolute Gasteiger partial charge is 0.225 e. The number of anilines is 1. The molecule has 2 rings (SSSR count). The molecule has 1 aromatic heterocycles. The van der Waals surface area contributed by atoms with E-state index in [1.54, 1.807) is 0 Å². The van der Waals surface area contributed by atoms with E-state index in [9.17, 15) is 0 Å². The van der Waals surface area contributed by atoms with Crippen molar-refractivity contribution in [3.05, 3.63) is 18.0 Å². The predicted octanol–water partition coefficient (Wildman–Crippen LogP) is 1.99. The van der Waals surface area contributed by atoms with E-state index in [-0.39, 0.29) is 0 Å². The van der Waals surface area contributed by atoms with E-state index in [2.05, 4.69) is 21.8 Å². The molecule has 18 heavy (non-hydrogen) atoms. The molecule has 1 aromatic rings. The number of nitrogens with zero attached hydrogens (tertiary/aromatic N) is 3. The summed E-state index contributed by atoms with van der Waals surface area (Å²) in [5.74, 6) is 1.60. The Labute approximate surface area is 110 Å². The van der Waals surface area contributed by atoms with Crippen LogP contribution in [0.3, 0.4) is 0 Å². The summed E-state index contributed by atoms with van der Waals surface area (Å²) in [7, 11) is 0. The van der Waals surface area contributed by atoms with Crippen LogP contribution < -0.4 is 10.6 Å². The van der Waals surface area contributed by atoms with Crippen LogP contribution in [0.2, 0.25) is 0 Å². The minimum Gasteiger partial charge on any atom is -0.341 e. The third kappa shape index (κ3) is 3.42. The molecule has 1 aliphatic rings. The minimum atomic E-state index is 0.711. The standard InChI is InChI=1S/C14H24N4/c1-2-4-13-9-16-14(17-10-13)18-8-3-5-12(11-18)6-7-15/h9-10,12H,2-8,11,15H2,1H3. The Balaban J connectivity index is 1.97. The van der Waals surface area contributed by atoms with Crippen molar-refractivity contribution >= 4 is 5.95 Å². The molecule has 0 bridgehead atoms. The summed E-state index contributed by atoms with van der Waals surface area (Å²) in [4.78, 5) is 11.3. The van der Waals surface area contributed by atoms with Gasteiger partial charge in [0.15, 0.2) is 0 Å². The first-order chi connectivity index (χ1) is 8.83. The van der Waals surface area contributed by atoms with Gasteiger partial charge in [-0.05, 0) is 43.7 Å². The van der Waals surface area contributed by atoms with Crippen LogP contribution in [0.15, 0.2) is 12.4 Å². The number of hydrogen-bond donors (Lipinski definition) is 1. The number of aryl methyl sites for hydroxylation is 1. The van der Waals surface area contributed by atoms with E-state index in [0.717, 1.165) is 44.8 Å². The lowest BCUT2D eigenvalue weighted by Gasteiger charge is -2.32. The van der Waals surface area contributed by atoms with E-state index < -0.39 is 0 Å². The Bertz CT molecular complexity index is 347. The van der Waals surface area contributed by atoms with Crippen molar-refractivity contribution in [3.8, 4) is 0 Å². The number of piperidine rings is 1. The molecule has 2 heterocycles. The summed E-state index contributed by atoms with van der Waals surface area (Å²) in [6, 6.07) is 0. The van der Waals surface area contributed by atoms with Crippen LogP contribution >= 0.6 is 0 Å². The van der Waals surface area contributed by atoms with E-state index in [4.69, 9.17) is 5.73 Å². The number of aromatic nitrogens is 2. The van der Waals surface area contributed by atoms with Crippen molar-refractivity contribution in [2.75, 3.05) is 24.5 Å². The van der Waals surface area contributed by atoms with Crippen LogP contribution in [0.5, 0.6) is 0 Å². The molecule has 0 saturated carbocycles. The molecule has 100 valence electrons. The quantitative estimate of drug-likeness (QED) is 0.866. The van der Waals surface area contributed by atoms with Gasteiger partial charge in [0.2, 0.25) is 5.95 Å². The molecule has 1 saturated heterocycles. The van der Waals surface area contributed by atoms with Crippen molar-refractivity contribution in [2.24, 2.45) is 11.7 Å². The second-order valence-electron chi connectivity index (χ2n) is 5.17. The monoisotopic (exact) mass is 248 g/mol. The number of rotatable bonds is 5. The van der Waals surface area contributed by atoms with E-state index >= 15 is 0 Å². The van der Waals surface area contributed by atoms with Crippen molar-refractivity contribution < 1.29 is 0 Å². The largest absolute Gasteiger partial charge is 0.341 e. The highest BCUT2D eigenvalue weighted by atomic mass is 15.2. The van der Waals surface area contributed by atoms with Gasteiger partial charge in [0.25, 0.3) is 0 Å². The fraction of sp³-hybridized carbons (Fsp3) is 0.714. The van der Waals surface area contributed by atoms with Gasteiger partial charge in [-0.2, -0.15) is 0 Å². The second kappa shape index (κ2) is 6.69. The van der Waals surface area contributed by atoms with Crippen molar-refractivity contribution in [3.63, 3.8) is 0 Å². The molecule has 0 spiro atoms. The Hall–Kier alpha value is -1.16. The Morgan fingerprint density at radius 2 is 2.17 bits per heavy atom. The van der Waals surface area contributed by atoms with Crippen molar-refractivity contribution in [1.29, 1.82) is 0 Å². The molecule has 0 amide bonds. The molecular formula is C14H24N4. The molecule has 4 nitrogen and oxygen atoms in total. The van der Waals surface area contributed by atoms with Gasteiger partial charge in [0, 0.05) is 25.5 Å². The highest BCUT2D eigenvalue weighted by Crippen LogP contribution is 2.22. The number of hydrogen-bond acceptors (Lipinski definition) is 4. The van der Waals surface area contributed by atoms with Gasteiger partial charge < -0.3 is 10.6 Å². The normalized spacial score (nSPS) is 20.1. The summed E-state index contributed by atoms with van der Waals surface area (Å²) < 4.78 is 0. The zero-order valence-corrected chi connectivity index (χ0v) is 11.3. The Kier molecular flexibility index (Phi) is 4.93. The van der Waals surface area contributed by atoms with E-state index in [1.807, 2.05) is 12.4 Å². The maximum atomic E-state index is 5.65. The molecule has 4 heteroatoms. The fourth-order valence-electron chi connectivity index (χ4n) is 2.65. The first-order valence-corrected chi connectivity index (χ1v) is 7.09. The second-order valence-corrected chi connectivity index (χ2v) is 5.17. The lowest BCUT2D eigenvalue weighted by Crippen LogP contribution is -2.37. The summed E-state index contributed by atoms with van der Waals surface area (Å²) in [6.45, 7) is 5.10. The molecule has 0 radical (unpaired) electrons. The van der Waals surface area contributed by atoms with Gasteiger partial charge in [-0.15, -0.1) is 0 Å². The van der Waals surface area contributed by atoms with Gasteiger partial charge in [-0.1, -0.05) is 13.3 Å². The summed E-state index contributed by atoms with van der Waals surface area (Å²) >= 11 is 0. The van der Waals surface area contributed by atoms with Gasteiger partial charge in [0.05, 0.1) is 0 Å². The lowest BCUT2D eigenvalue weighted by atomic mass is 9.95. The fourth-order valence-corrected chi connectivity index (χ4v) is 2.65. The molecular weight excluding hydrogens is 224 g/mol. The average Bonchev–Trinajstić information content (AvgIpc) is 2.41. The van der Waals surface area contributed by atoms with Gasteiger partial charge in [0.1, 0.15) is 0 Å².